The molecular formula is C12H22F3NO. The molecule has 0 bridgehead atoms. The molecule has 102 valence electrons. The highest BCUT2D eigenvalue weighted by atomic mass is 19.4. The Bertz CT molecular complexity index is 216. The number of hydrogen-bond donors (Lipinski definition) is 1. The van der Waals surface area contributed by atoms with Gasteiger partial charge >= 0.3 is 6.18 Å². The van der Waals surface area contributed by atoms with Crippen LogP contribution in [0, 0.1) is 0 Å². The van der Waals surface area contributed by atoms with E-state index in [4.69, 9.17) is 0 Å². The molecule has 0 radical (unpaired) electrons. The first-order valence-electron chi connectivity index (χ1n) is 5.93. The zero-order valence-corrected chi connectivity index (χ0v) is 10.6. The number of halogens is 3. The van der Waals surface area contributed by atoms with Gasteiger partial charge in [-0.15, -0.1) is 0 Å². The highest BCUT2D eigenvalue weighted by Gasteiger charge is 2.27. The summed E-state index contributed by atoms with van der Waals surface area (Å²) >= 11 is 0. The van der Waals surface area contributed by atoms with E-state index in [1.165, 1.54) is 0 Å². The molecule has 2 nitrogen and oxygen atoms in total. The highest BCUT2D eigenvalue weighted by molar-refractivity contribution is 4.96. The topological polar surface area (TPSA) is 21.3 Å². The van der Waals surface area contributed by atoms with E-state index in [0.717, 1.165) is 25.0 Å². The Morgan fingerprint density at radius 1 is 1.35 bits per heavy atom. The van der Waals surface area contributed by atoms with Crippen molar-refractivity contribution in [1.29, 1.82) is 0 Å². The van der Waals surface area contributed by atoms with Crippen LogP contribution in [0.1, 0.15) is 33.1 Å². The van der Waals surface area contributed by atoms with E-state index in [9.17, 15) is 13.2 Å². The third kappa shape index (κ3) is 10.3. The zero-order chi connectivity index (χ0) is 13.3. The Balaban J connectivity index is 3.81. The predicted molar refractivity (Wildman–Crippen MR) is 63.0 cm³/mol. The van der Waals surface area contributed by atoms with E-state index in [0.29, 0.717) is 6.42 Å². The molecule has 0 rings (SSSR count). The molecule has 0 fully saturated rings. The highest BCUT2D eigenvalue weighted by Crippen LogP contribution is 2.15. The van der Waals surface area contributed by atoms with Gasteiger partial charge in [0, 0.05) is 12.6 Å². The number of hydrogen-bond acceptors (Lipinski definition) is 2. The Morgan fingerprint density at radius 3 is 2.47 bits per heavy atom. The van der Waals surface area contributed by atoms with Crippen LogP contribution in [-0.2, 0) is 4.74 Å². The van der Waals surface area contributed by atoms with Crippen molar-refractivity contribution in [3.05, 3.63) is 12.2 Å². The fourth-order valence-electron chi connectivity index (χ4n) is 1.47. The maximum Gasteiger partial charge on any atom is 0.411 e. The zero-order valence-electron chi connectivity index (χ0n) is 10.6. The summed E-state index contributed by atoms with van der Waals surface area (Å²) in [5.41, 5.74) is 1.10. The van der Waals surface area contributed by atoms with Crippen molar-refractivity contribution in [2.24, 2.45) is 0 Å². The monoisotopic (exact) mass is 253 g/mol. The molecule has 0 aliphatic carbocycles. The van der Waals surface area contributed by atoms with Gasteiger partial charge in [0.25, 0.3) is 0 Å². The normalized spacial score (nSPS) is 13.7. The Morgan fingerprint density at radius 2 is 2.00 bits per heavy atom. The van der Waals surface area contributed by atoms with E-state index in [-0.39, 0.29) is 12.6 Å². The molecule has 0 aromatic heterocycles. The molecule has 0 aliphatic rings. The molecule has 1 unspecified atom stereocenters. The molecule has 0 aromatic rings. The largest absolute Gasteiger partial charge is 0.411 e. The summed E-state index contributed by atoms with van der Waals surface area (Å²) in [6.45, 7) is 7.64. The average Bonchev–Trinajstić information content (AvgIpc) is 2.23. The summed E-state index contributed by atoms with van der Waals surface area (Å²) in [5, 5.41) is 3.22. The molecule has 1 N–H and O–H groups in total. The third-order valence-corrected chi connectivity index (χ3v) is 2.40. The van der Waals surface area contributed by atoms with Crippen molar-refractivity contribution < 1.29 is 17.9 Å². The van der Waals surface area contributed by atoms with Crippen molar-refractivity contribution in [3.8, 4) is 0 Å². The lowest BCUT2D eigenvalue weighted by Gasteiger charge is -2.19. The van der Waals surface area contributed by atoms with E-state index in [2.05, 4.69) is 16.6 Å². The lowest BCUT2D eigenvalue weighted by Crippen LogP contribution is -2.31. The second-order valence-corrected chi connectivity index (χ2v) is 4.02. The van der Waals surface area contributed by atoms with Crippen LogP contribution in [0.3, 0.4) is 0 Å². The quantitative estimate of drug-likeness (QED) is 0.503. The molecule has 0 aliphatic heterocycles. The van der Waals surface area contributed by atoms with Crippen molar-refractivity contribution in [2.75, 3.05) is 19.8 Å². The predicted octanol–water partition coefficient (Wildman–Crippen LogP) is 3.29. The molecule has 0 aromatic carbocycles. The molecule has 0 spiro atoms. The fraction of sp³-hybridized carbons (Fsp3) is 0.833. The van der Waals surface area contributed by atoms with Crippen molar-refractivity contribution in [2.45, 2.75) is 45.3 Å². The maximum atomic E-state index is 11.8. The molecule has 0 saturated carbocycles. The molecule has 17 heavy (non-hydrogen) atoms. The maximum absolute atomic E-state index is 11.8. The van der Waals surface area contributed by atoms with Gasteiger partial charge in [0.1, 0.15) is 6.61 Å². The fourth-order valence-corrected chi connectivity index (χ4v) is 1.47. The lowest BCUT2D eigenvalue weighted by atomic mass is 10.0. The van der Waals surface area contributed by atoms with Crippen molar-refractivity contribution in [1.82, 2.24) is 5.32 Å². The van der Waals surface area contributed by atoms with Crippen LogP contribution >= 0.6 is 0 Å². The van der Waals surface area contributed by atoms with Gasteiger partial charge in [-0.05, 0) is 25.8 Å². The van der Waals surface area contributed by atoms with Crippen LogP contribution in [0.4, 0.5) is 13.2 Å². The Labute approximate surface area is 101 Å². The first-order valence-corrected chi connectivity index (χ1v) is 5.93. The van der Waals surface area contributed by atoms with Gasteiger partial charge in [-0.1, -0.05) is 26.0 Å². The van der Waals surface area contributed by atoms with Gasteiger partial charge in [0.2, 0.25) is 0 Å². The van der Waals surface area contributed by atoms with Gasteiger partial charge in [0.15, 0.2) is 0 Å². The van der Waals surface area contributed by atoms with E-state index in [1.54, 1.807) is 0 Å². The Kier molecular flexibility index (Phi) is 8.25. The summed E-state index contributed by atoms with van der Waals surface area (Å²) in [7, 11) is 0. The van der Waals surface area contributed by atoms with Gasteiger partial charge < -0.3 is 10.1 Å². The van der Waals surface area contributed by atoms with Crippen LogP contribution < -0.4 is 5.32 Å². The third-order valence-electron chi connectivity index (χ3n) is 2.40. The molecule has 0 saturated heterocycles. The number of alkyl halides is 3. The summed E-state index contributed by atoms with van der Waals surface area (Å²) in [6.07, 6.45) is -1.98. The minimum absolute atomic E-state index is 0.119. The molecular weight excluding hydrogens is 231 g/mol. The number of rotatable bonds is 9. The molecule has 5 heteroatoms. The Hall–Kier alpha value is -0.550. The van der Waals surface area contributed by atoms with Gasteiger partial charge in [0.05, 0.1) is 0 Å². The van der Waals surface area contributed by atoms with E-state index >= 15 is 0 Å². The average molecular weight is 253 g/mol. The second-order valence-electron chi connectivity index (χ2n) is 4.02. The van der Waals surface area contributed by atoms with Gasteiger partial charge in [-0.2, -0.15) is 13.2 Å². The summed E-state index contributed by atoms with van der Waals surface area (Å²) in [5.74, 6) is 0. The first kappa shape index (κ1) is 16.4. The van der Waals surface area contributed by atoms with Crippen LogP contribution in [0.25, 0.3) is 0 Å². The molecule has 1 atom stereocenters. The SMILES string of the molecule is C=C(CC)CC(CCOCC(F)(F)F)NCC. The number of nitrogens with one attached hydrogen (secondary N) is 1. The van der Waals surface area contributed by atoms with Crippen LogP contribution in [-0.4, -0.2) is 32.0 Å². The van der Waals surface area contributed by atoms with Crippen LogP contribution in [0.5, 0.6) is 0 Å². The standard InChI is InChI=1S/C12H22F3NO/c1-4-10(3)8-11(16-5-2)6-7-17-9-12(13,14)15/h11,16H,3-9H2,1-2H3. The van der Waals surface area contributed by atoms with Crippen molar-refractivity contribution in [3.63, 3.8) is 0 Å². The molecule has 0 amide bonds. The summed E-state index contributed by atoms with van der Waals surface area (Å²) in [4.78, 5) is 0. The lowest BCUT2D eigenvalue weighted by molar-refractivity contribution is -0.174. The minimum Gasteiger partial charge on any atom is -0.372 e. The van der Waals surface area contributed by atoms with Gasteiger partial charge in [-0.25, -0.2) is 0 Å². The van der Waals surface area contributed by atoms with Crippen LogP contribution in [0.2, 0.25) is 0 Å². The van der Waals surface area contributed by atoms with Crippen LogP contribution in [0.15, 0.2) is 12.2 Å². The molecule has 0 heterocycles. The summed E-state index contributed by atoms with van der Waals surface area (Å²) in [6, 6.07) is 0.153. The van der Waals surface area contributed by atoms with E-state index in [1.807, 2.05) is 13.8 Å². The summed E-state index contributed by atoms with van der Waals surface area (Å²) < 4.78 is 40.1. The van der Waals surface area contributed by atoms with Gasteiger partial charge in [-0.3, -0.25) is 0 Å². The number of ether oxygens (including phenoxy) is 1. The van der Waals surface area contributed by atoms with Crippen molar-refractivity contribution >= 4 is 0 Å². The smallest absolute Gasteiger partial charge is 0.372 e. The second kappa shape index (κ2) is 8.53. The van der Waals surface area contributed by atoms with E-state index < -0.39 is 12.8 Å². The minimum atomic E-state index is -4.24. The first-order chi connectivity index (χ1) is 7.89.